The molecule has 28 heavy (non-hydrogen) atoms. The number of para-hydroxylation sites is 1. The van der Waals surface area contributed by atoms with E-state index in [1.807, 2.05) is 43.3 Å². The quantitative estimate of drug-likeness (QED) is 0.795. The Morgan fingerprint density at radius 3 is 2.43 bits per heavy atom. The first kappa shape index (κ1) is 19.7. The van der Waals surface area contributed by atoms with Gasteiger partial charge >= 0.3 is 6.09 Å². The minimum absolute atomic E-state index is 0.0757. The van der Waals surface area contributed by atoms with Gasteiger partial charge in [0, 0.05) is 44.6 Å². The third kappa shape index (κ3) is 4.42. The summed E-state index contributed by atoms with van der Waals surface area (Å²) in [6, 6.07) is 11.5. The molecule has 1 aliphatic rings. The van der Waals surface area contributed by atoms with Crippen LogP contribution < -0.4 is 9.80 Å². The zero-order valence-electron chi connectivity index (χ0n) is 16.4. The highest BCUT2D eigenvalue weighted by molar-refractivity contribution is 6.06. The molecule has 1 aliphatic heterocycles. The minimum Gasteiger partial charge on any atom is -0.450 e. The number of pyridine rings is 1. The molecular weight excluding hydrogens is 356 g/mol. The van der Waals surface area contributed by atoms with Crippen molar-refractivity contribution in [3.05, 3.63) is 54.4 Å². The van der Waals surface area contributed by atoms with E-state index in [4.69, 9.17) is 4.74 Å². The molecule has 1 fully saturated rings. The Hall–Kier alpha value is -3.09. The van der Waals surface area contributed by atoms with E-state index < -0.39 is 0 Å². The molecule has 1 saturated heterocycles. The fourth-order valence-corrected chi connectivity index (χ4v) is 3.29. The van der Waals surface area contributed by atoms with Crippen LogP contribution in [-0.4, -0.2) is 61.2 Å². The van der Waals surface area contributed by atoms with Crippen LogP contribution in [-0.2, 0) is 4.74 Å². The average molecular weight is 382 g/mol. The van der Waals surface area contributed by atoms with E-state index in [1.54, 1.807) is 29.1 Å². The Bertz CT molecular complexity index is 804. The third-order valence-corrected chi connectivity index (χ3v) is 4.77. The molecule has 0 N–H and O–H groups in total. The van der Waals surface area contributed by atoms with Crippen LogP contribution in [0.2, 0.25) is 0 Å². The first-order valence-electron chi connectivity index (χ1n) is 9.62. The smallest absolute Gasteiger partial charge is 0.409 e. The molecule has 0 bridgehead atoms. The molecule has 0 aliphatic carbocycles. The number of amides is 2. The molecule has 7 nitrogen and oxygen atoms in total. The van der Waals surface area contributed by atoms with Crippen LogP contribution in [0.15, 0.2) is 48.8 Å². The van der Waals surface area contributed by atoms with Gasteiger partial charge in [-0.05, 0) is 32.0 Å². The largest absolute Gasteiger partial charge is 0.450 e. The zero-order chi connectivity index (χ0) is 19.9. The molecule has 7 heteroatoms. The van der Waals surface area contributed by atoms with Crippen LogP contribution in [0.3, 0.4) is 0 Å². The second kappa shape index (κ2) is 9.21. The van der Waals surface area contributed by atoms with E-state index in [9.17, 15) is 9.59 Å². The molecule has 2 aromatic rings. The molecule has 0 radical (unpaired) electrons. The monoisotopic (exact) mass is 382 g/mol. The average Bonchev–Trinajstić information content (AvgIpc) is 2.75. The van der Waals surface area contributed by atoms with Crippen molar-refractivity contribution >= 4 is 23.4 Å². The van der Waals surface area contributed by atoms with Crippen molar-refractivity contribution in [1.82, 2.24) is 9.88 Å². The number of carbonyl (C=O) groups is 2. The summed E-state index contributed by atoms with van der Waals surface area (Å²) in [5.41, 5.74) is 2.30. The summed E-state index contributed by atoms with van der Waals surface area (Å²) in [6.45, 7) is 7.23. The van der Waals surface area contributed by atoms with E-state index >= 15 is 0 Å². The Morgan fingerprint density at radius 2 is 1.79 bits per heavy atom. The lowest BCUT2D eigenvalue weighted by Gasteiger charge is -2.35. The van der Waals surface area contributed by atoms with Crippen LogP contribution in [0, 0.1) is 0 Å². The Morgan fingerprint density at radius 1 is 1.07 bits per heavy atom. The maximum atomic E-state index is 13.0. The van der Waals surface area contributed by atoms with Crippen molar-refractivity contribution < 1.29 is 14.3 Å². The fourth-order valence-electron chi connectivity index (χ4n) is 3.29. The van der Waals surface area contributed by atoms with Gasteiger partial charge in [0.15, 0.2) is 0 Å². The molecule has 2 amide bonds. The number of aromatic nitrogens is 1. The molecule has 1 aromatic carbocycles. The highest BCUT2D eigenvalue weighted by atomic mass is 16.6. The Balaban J connectivity index is 1.70. The van der Waals surface area contributed by atoms with Crippen LogP contribution in [0.4, 0.5) is 16.2 Å². The van der Waals surface area contributed by atoms with Crippen LogP contribution in [0.5, 0.6) is 0 Å². The summed E-state index contributed by atoms with van der Waals surface area (Å²) in [6.07, 6.45) is 3.09. The van der Waals surface area contributed by atoms with Crippen LogP contribution in [0.1, 0.15) is 24.2 Å². The van der Waals surface area contributed by atoms with Gasteiger partial charge in [0.25, 0.3) is 5.91 Å². The number of nitrogens with zero attached hydrogens (tertiary/aromatic N) is 4. The normalized spacial score (nSPS) is 13.9. The molecule has 2 heterocycles. The molecule has 3 rings (SSSR count). The highest BCUT2D eigenvalue weighted by Crippen LogP contribution is 2.21. The topological polar surface area (TPSA) is 66.0 Å². The number of anilines is 2. The van der Waals surface area contributed by atoms with E-state index in [2.05, 4.69) is 9.88 Å². The molecule has 1 aromatic heterocycles. The lowest BCUT2D eigenvalue weighted by Crippen LogP contribution is -2.49. The summed E-state index contributed by atoms with van der Waals surface area (Å²) < 4.78 is 5.06. The number of piperazine rings is 1. The predicted octanol–water partition coefficient (Wildman–Crippen LogP) is 3.03. The van der Waals surface area contributed by atoms with Gasteiger partial charge in [0.1, 0.15) is 0 Å². The minimum atomic E-state index is -0.273. The van der Waals surface area contributed by atoms with E-state index in [0.29, 0.717) is 44.9 Å². The summed E-state index contributed by atoms with van der Waals surface area (Å²) in [5.74, 6) is -0.0757. The first-order chi connectivity index (χ1) is 13.6. The number of hydrogen-bond acceptors (Lipinski definition) is 5. The van der Waals surface area contributed by atoms with Gasteiger partial charge < -0.3 is 19.4 Å². The van der Waals surface area contributed by atoms with Crippen molar-refractivity contribution in [2.24, 2.45) is 0 Å². The summed E-state index contributed by atoms with van der Waals surface area (Å²) >= 11 is 0. The van der Waals surface area contributed by atoms with Gasteiger partial charge in [0.2, 0.25) is 0 Å². The maximum absolute atomic E-state index is 13.0. The second-order valence-corrected chi connectivity index (χ2v) is 6.49. The van der Waals surface area contributed by atoms with E-state index in [-0.39, 0.29) is 12.0 Å². The number of hydrogen-bond donors (Lipinski definition) is 0. The lowest BCUT2D eigenvalue weighted by atomic mass is 10.2. The van der Waals surface area contributed by atoms with Crippen molar-refractivity contribution in [3.8, 4) is 0 Å². The van der Waals surface area contributed by atoms with Crippen molar-refractivity contribution in [2.45, 2.75) is 13.8 Å². The van der Waals surface area contributed by atoms with Crippen molar-refractivity contribution in [3.63, 3.8) is 0 Å². The standard InChI is InChI=1S/C21H26N4O3/c1-3-25(18-8-6-5-7-9-18)20(26)17-14-19(16-22-15-17)23-10-12-24(13-11-23)21(27)28-4-2/h5-9,14-16H,3-4,10-13H2,1-2H3. The van der Waals surface area contributed by atoms with E-state index in [0.717, 1.165) is 11.4 Å². The number of ether oxygens (including phenoxy) is 1. The van der Waals surface area contributed by atoms with Gasteiger partial charge in [-0.15, -0.1) is 0 Å². The van der Waals surface area contributed by atoms with Gasteiger partial charge in [0.05, 0.1) is 24.1 Å². The summed E-state index contributed by atoms with van der Waals surface area (Å²) in [5, 5.41) is 0. The predicted molar refractivity (Wildman–Crippen MR) is 109 cm³/mol. The van der Waals surface area contributed by atoms with Gasteiger partial charge in [-0.1, -0.05) is 18.2 Å². The highest BCUT2D eigenvalue weighted by Gasteiger charge is 2.23. The zero-order valence-corrected chi connectivity index (χ0v) is 16.4. The molecule has 0 saturated carbocycles. The van der Waals surface area contributed by atoms with Crippen LogP contribution in [0.25, 0.3) is 0 Å². The van der Waals surface area contributed by atoms with Gasteiger partial charge in [-0.2, -0.15) is 0 Å². The molecule has 148 valence electrons. The van der Waals surface area contributed by atoms with Crippen LogP contribution >= 0.6 is 0 Å². The Labute approximate surface area is 165 Å². The number of carbonyl (C=O) groups excluding carboxylic acids is 2. The Kier molecular flexibility index (Phi) is 6.47. The number of rotatable bonds is 5. The SMILES string of the molecule is CCOC(=O)N1CCN(c2cncc(C(=O)N(CC)c3ccccc3)c2)CC1. The lowest BCUT2D eigenvalue weighted by molar-refractivity contribution is 0.0987. The second-order valence-electron chi connectivity index (χ2n) is 6.49. The molecule has 0 atom stereocenters. The van der Waals surface area contributed by atoms with Crippen molar-refractivity contribution in [2.75, 3.05) is 49.1 Å². The van der Waals surface area contributed by atoms with Gasteiger partial charge in [-0.3, -0.25) is 9.78 Å². The first-order valence-corrected chi connectivity index (χ1v) is 9.62. The number of benzene rings is 1. The van der Waals surface area contributed by atoms with Gasteiger partial charge in [-0.25, -0.2) is 4.79 Å². The summed E-state index contributed by atoms with van der Waals surface area (Å²) in [4.78, 5) is 34.7. The van der Waals surface area contributed by atoms with E-state index in [1.165, 1.54) is 0 Å². The maximum Gasteiger partial charge on any atom is 0.409 e. The fraction of sp³-hybridized carbons (Fsp3) is 0.381. The third-order valence-electron chi connectivity index (χ3n) is 4.77. The van der Waals surface area contributed by atoms with Crippen molar-refractivity contribution in [1.29, 1.82) is 0 Å². The molecular formula is C21H26N4O3. The molecule has 0 unspecified atom stereocenters. The summed E-state index contributed by atoms with van der Waals surface area (Å²) in [7, 11) is 0. The molecule has 0 spiro atoms.